The summed E-state index contributed by atoms with van der Waals surface area (Å²) in [6, 6.07) is 9.21. The molecular weight excluding hydrogens is 456 g/mol. The number of anilines is 1. The number of carbonyl (C=O) groups excluding carboxylic acids is 1. The molecule has 0 saturated carbocycles. The molecule has 3 rings (SSSR count). The second-order valence-electron chi connectivity index (χ2n) is 5.34. The van der Waals surface area contributed by atoms with Crippen molar-refractivity contribution in [3.05, 3.63) is 61.5 Å². The third-order valence-electron chi connectivity index (χ3n) is 3.70. The van der Waals surface area contributed by atoms with Crippen molar-refractivity contribution >= 4 is 67.6 Å². The highest BCUT2D eigenvalue weighted by atomic mass is 79.9. The molecule has 1 aliphatic heterocycles. The highest BCUT2D eigenvalue weighted by Crippen LogP contribution is 2.39. The van der Waals surface area contributed by atoms with Gasteiger partial charge in [-0.25, -0.2) is 0 Å². The van der Waals surface area contributed by atoms with Gasteiger partial charge >= 0.3 is 0 Å². The van der Waals surface area contributed by atoms with Gasteiger partial charge in [0.25, 0.3) is 11.6 Å². The van der Waals surface area contributed by atoms with E-state index in [-0.39, 0.29) is 32.3 Å². The number of thiocarbonyl (C=S) groups is 1. The number of nitro benzene ring substituents is 1. The van der Waals surface area contributed by atoms with Crippen LogP contribution in [0.5, 0.6) is 11.5 Å². The van der Waals surface area contributed by atoms with E-state index in [2.05, 4.69) is 15.9 Å². The average molecular weight is 467 g/mol. The fourth-order valence-electron chi connectivity index (χ4n) is 2.38. The first-order valence-corrected chi connectivity index (χ1v) is 9.42. The van der Waals surface area contributed by atoms with E-state index in [9.17, 15) is 20.0 Å². The van der Waals surface area contributed by atoms with Crippen LogP contribution in [0.15, 0.2) is 45.8 Å². The van der Waals surface area contributed by atoms with Crippen molar-refractivity contribution < 1.29 is 19.6 Å². The van der Waals surface area contributed by atoms with Crippen LogP contribution in [0.4, 0.5) is 11.4 Å². The highest BCUT2D eigenvalue weighted by Gasteiger charge is 2.33. The Hall–Kier alpha value is -2.43. The quantitative estimate of drug-likeness (QED) is 0.307. The topological polar surface area (TPSA) is 92.9 Å². The largest absolute Gasteiger partial charge is 0.506 e. The molecule has 0 aromatic heterocycles. The molecule has 1 heterocycles. The fraction of sp³-hybridized carbons (Fsp3) is 0.0588. The third kappa shape index (κ3) is 3.82. The lowest BCUT2D eigenvalue weighted by atomic mass is 10.1. The van der Waals surface area contributed by atoms with E-state index in [0.29, 0.717) is 15.8 Å². The molecule has 0 bridgehead atoms. The predicted molar refractivity (Wildman–Crippen MR) is 111 cm³/mol. The van der Waals surface area contributed by atoms with Gasteiger partial charge in [-0.3, -0.25) is 19.8 Å². The Morgan fingerprint density at radius 1 is 1.33 bits per heavy atom. The second kappa shape index (κ2) is 7.67. The van der Waals surface area contributed by atoms with E-state index >= 15 is 0 Å². The Bertz CT molecular complexity index is 992. The number of benzene rings is 2. The van der Waals surface area contributed by atoms with E-state index in [1.807, 2.05) is 0 Å². The van der Waals surface area contributed by atoms with Crippen molar-refractivity contribution in [2.24, 2.45) is 0 Å². The number of rotatable bonds is 4. The van der Waals surface area contributed by atoms with Crippen molar-refractivity contribution in [3.63, 3.8) is 0 Å². The van der Waals surface area contributed by atoms with E-state index in [1.165, 1.54) is 23.1 Å². The molecule has 2 aromatic rings. The summed E-state index contributed by atoms with van der Waals surface area (Å²) >= 11 is 9.43. The molecular formula is C17H11BrN2O5S2. The first-order valence-electron chi connectivity index (χ1n) is 7.40. The van der Waals surface area contributed by atoms with Crippen LogP contribution >= 0.6 is 39.9 Å². The standard InChI is InChI=1S/C17H11BrN2O5S2/c1-25-12-4-2-10(3-5-12)19-16(22)14(27-17(19)26)7-9-6-11(20(23)24)8-13(18)15(9)21/h2-8,21H,1H3/b14-7+. The monoisotopic (exact) mass is 466 g/mol. The van der Waals surface area contributed by atoms with Gasteiger partial charge in [-0.15, -0.1) is 0 Å². The minimum atomic E-state index is -0.579. The van der Waals surface area contributed by atoms with E-state index in [1.54, 1.807) is 31.4 Å². The number of aromatic hydroxyl groups is 1. The summed E-state index contributed by atoms with van der Waals surface area (Å²) < 4.78 is 5.58. The summed E-state index contributed by atoms with van der Waals surface area (Å²) in [6.45, 7) is 0. The number of nitrogens with zero attached hydrogens (tertiary/aromatic N) is 2. The van der Waals surface area contributed by atoms with Crippen molar-refractivity contribution in [1.82, 2.24) is 0 Å². The van der Waals surface area contributed by atoms with E-state index in [4.69, 9.17) is 17.0 Å². The number of thioether (sulfide) groups is 1. The number of phenols is 1. The minimum absolute atomic E-state index is 0.145. The van der Waals surface area contributed by atoms with Crippen LogP contribution in [-0.4, -0.2) is 27.4 Å². The third-order valence-corrected chi connectivity index (χ3v) is 5.61. The summed E-state index contributed by atoms with van der Waals surface area (Å²) in [5, 5.41) is 21.2. The summed E-state index contributed by atoms with van der Waals surface area (Å²) in [7, 11) is 1.54. The number of nitro groups is 1. The molecule has 27 heavy (non-hydrogen) atoms. The summed E-state index contributed by atoms with van der Waals surface area (Å²) in [5.41, 5.74) is 0.508. The lowest BCUT2D eigenvalue weighted by Crippen LogP contribution is -2.27. The second-order valence-corrected chi connectivity index (χ2v) is 7.87. The van der Waals surface area contributed by atoms with Gasteiger partial charge in [0.1, 0.15) is 11.5 Å². The number of halogens is 1. The zero-order valence-corrected chi connectivity index (χ0v) is 16.9. The van der Waals surface area contributed by atoms with Gasteiger partial charge in [-0.05, 0) is 46.3 Å². The number of hydrogen-bond acceptors (Lipinski definition) is 7. The molecule has 1 fully saturated rings. The lowest BCUT2D eigenvalue weighted by molar-refractivity contribution is -0.385. The molecule has 138 valence electrons. The number of ether oxygens (including phenoxy) is 1. The van der Waals surface area contributed by atoms with Gasteiger partial charge < -0.3 is 9.84 Å². The van der Waals surface area contributed by atoms with Crippen molar-refractivity contribution in [3.8, 4) is 11.5 Å². The highest BCUT2D eigenvalue weighted by molar-refractivity contribution is 9.10. The maximum absolute atomic E-state index is 12.8. The van der Waals surface area contributed by atoms with Gasteiger partial charge in [0.05, 0.1) is 27.1 Å². The molecule has 7 nitrogen and oxygen atoms in total. The number of methoxy groups -OCH3 is 1. The normalized spacial score (nSPS) is 15.5. The molecule has 0 unspecified atom stereocenters. The zero-order chi connectivity index (χ0) is 19.7. The first-order chi connectivity index (χ1) is 12.8. The summed E-state index contributed by atoms with van der Waals surface area (Å²) in [6.07, 6.45) is 1.38. The van der Waals surface area contributed by atoms with Crippen molar-refractivity contribution in [2.75, 3.05) is 12.0 Å². The van der Waals surface area contributed by atoms with Crippen LogP contribution in [0, 0.1) is 10.1 Å². The van der Waals surface area contributed by atoms with Gasteiger partial charge in [0.2, 0.25) is 0 Å². The van der Waals surface area contributed by atoms with Gasteiger partial charge in [-0.2, -0.15) is 0 Å². The molecule has 1 amide bonds. The average Bonchev–Trinajstić information content (AvgIpc) is 2.92. The molecule has 0 spiro atoms. The number of amides is 1. The predicted octanol–water partition coefficient (Wildman–Crippen LogP) is 4.48. The van der Waals surface area contributed by atoms with Crippen LogP contribution < -0.4 is 9.64 Å². The van der Waals surface area contributed by atoms with Crippen LogP contribution in [-0.2, 0) is 4.79 Å². The Morgan fingerprint density at radius 2 is 2.00 bits per heavy atom. The Balaban J connectivity index is 1.98. The van der Waals surface area contributed by atoms with Crippen LogP contribution in [0.1, 0.15) is 5.56 Å². The van der Waals surface area contributed by atoms with Gasteiger partial charge in [0, 0.05) is 17.7 Å². The number of carbonyl (C=O) groups is 1. The van der Waals surface area contributed by atoms with Crippen LogP contribution in [0.2, 0.25) is 0 Å². The van der Waals surface area contributed by atoms with Crippen LogP contribution in [0.3, 0.4) is 0 Å². The molecule has 1 N–H and O–H groups in total. The Morgan fingerprint density at radius 3 is 2.59 bits per heavy atom. The van der Waals surface area contributed by atoms with Crippen molar-refractivity contribution in [1.29, 1.82) is 0 Å². The molecule has 0 radical (unpaired) electrons. The zero-order valence-electron chi connectivity index (χ0n) is 13.7. The van der Waals surface area contributed by atoms with E-state index in [0.717, 1.165) is 11.8 Å². The molecule has 10 heteroatoms. The van der Waals surface area contributed by atoms with Gasteiger partial charge in [-0.1, -0.05) is 24.0 Å². The minimum Gasteiger partial charge on any atom is -0.506 e. The van der Waals surface area contributed by atoms with E-state index < -0.39 is 4.92 Å². The van der Waals surface area contributed by atoms with Gasteiger partial charge in [0.15, 0.2) is 4.32 Å². The SMILES string of the molecule is COc1ccc(N2C(=O)/C(=C\c3cc([N+](=O)[O-])cc(Br)c3O)SC2=S)cc1. The maximum atomic E-state index is 12.8. The Kier molecular flexibility index (Phi) is 5.49. The first kappa shape index (κ1) is 19.3. The molecule has 1 saturated heterocycles. The summed E-state index contributed by atoms with van der Waals surface area (Å²) in [4.78, 5) is 24.8. The smallest absolute Gasteiger partial charge is 0.271 e. The molecule has 0 aliphatic carbocycles. The van der Waals surface area contributed by atoms with Crippen molar-refractivity contribution in [2.45, 2.75) is 0 Å². The lowest BCUT2D eigenvalue weighted by Gasteiger charge is -2.14. The Labute approximate surface area is 171 Å². The molecule has 2 aromatic carbocycles. The molecule has 0 atom stereocenters. The maximum Gasteiger partial charge on any atom is 0.271 e. The molecule has 1 aliphatic rings. The number of non-ortho nitro benzene ring substituents is 1. The fourth-order valence-corrected chi connectivity index (χ4v) is 4.14. The summed E-state index contributed by atoms with van der Waals surface area (Å²) in [5.74, 6) is 0.0682. The number of hydrogen-bond donors (Lipinski definition) is 1. The van der Waals surface area contributed by atoms with Crippen LogP contribution in [0.25, 0.3) is 6.08 Å². The number of phenolic OH excluding ortho intramolecular Hbond substituents is 1.